The van der Waals surface area contributed by atoms with Gasteiger partial charge in [0.1, 0.15) is 6.61 Å². The van der Waals surface area contributed by atoms with Gasteiger partial charge in [0.05, 0.1) is 6.04 Å². The fourth-order valence-electron chi connectivity index (χ4n) is 3.83. The Morgan fingerprint density at radius 2 is 2.08 bits per heavy atom. The Hall–Kier alpha value is -2.01. The van der Waals surface area contributed by atoms with E-state index in [0.717, 1.165) is 29.4 Å². The van der Waals surface area contributed by atoms with Crippen molar-refractivity contribution in [2.75, 3.05) is 18.4 Å². The van der Waals surface area contributed by atoms with Crippen LogP contribution in [0.15, 0.2) is 53.0 Å². The van der Waals surface area contributed by atoms with Crippen LogP contribution in [0.4, 0.5) is 10.5 Å². The molecule has 2 aliphatic rings. The van der Waals surface area contributed by atoms with E-state index in [0.29, 0.717) is 19.1 Å². The molecule has 0 aliphatic carbocycles. The fourth-order valence-corrected chi connectivity index (χ4v) is 4.20. The second-order valence-corrected chi connectivity index (χ2v) is 7.63. The molecule has 4 nitrogen and oxygen atoms in total. The molecule has 25 heavy (non-hydrogen) atoms. The molecule has 4 rings (SSSR count). The molecule has 0 radical (unpaired) electrons. The number of ether oxygens (including phenoxy) is 1. The maximum absolute atomic E-state index is 12.5. The van der Waals surface area contributed by atoms with E-state index in [1.54, 1.807) is 0 Å². The van der Waals surface area contributed by atoms with Crippen molar-refractivity contribution in [3.05, 3.63) is 64.1 Å². The number of carbonyl (C=O) groups is 1. The summed E-state index contributed by atoms with van der Waals surface area (Å²) in [5.74, 6) is 0.458. The summed E-state index contributed by atoms with van der Waals surface area (Å²) in [5.41, 5.74) is 3.57. The molecule has 2 heterocycles. The zero-order valence-corrected chi connectivity index (χ0v) is 15.5. The molecule has 1 amide bonds. The maximum Gasteiger partial charge on any atom is 0.410 e. The van der Waals surface area contributed by atoms with E-state index in [2.05, 4.69) is 39.4 Å². The van der Waals surface area contributed by atoms with E-state index in [-0.39, 0.29) is 12.1 Å². The number of fused-ring (bicyclic) bond motifs is 3. The number of likely N-dealkylation sites (tertiary alicyclic amines) is 1. The van der Waals surface area contributed by atoms with Crippen LogP contribution in [0.1, 0.15) is 29.9 Å². The highest BCUT2D eigenvalue weighted by molar-refractivity contribution is 9.10. The maximum atomic E-state index is 12.5. The van der Waals surface area contributed by atoms with Crippen LogP contribution in [0.3, 0.4) is 0 Å². The number of nitrogens with one attached hydrogen (secondary N) is 1. The average molecular weight is 401 g/mol. The van der Waals surface area contributed by atoms with E-state index >= 15 is 0 Å². The van der Waals surface area contributed by atoms with E-state index in [4.69, 9.17) is 4.74 Å². The standard InChI is InChI=1S/C20H21BrN2O2/c21-15-8-9-18-17(11-15)16-7-4-10-23(12-19(16)22-18)20(24)25-13-14-5-2-1-3-6-14/h1-3,5-6,8-9,11,16,19,22H,4,7,10,12-13H2/t16-,19-/m1/s1. The summed E-state index contributed by atoms with van der Waals surface area (Å²) < 4.78 is 6.63. The minimum absolute atomic E-state index is 0.219. The Balaban J connectivity index is 1.41. The van der Waals surface area contributed by atoms with Crippen LogP contribution in [0.25, 0.3) is 0 Å². The van der Waals surface area contributed by atoms with Gasteiger partial charge in [-0.1, -0.05) is 46.3 Å². The fraction of sp³-hybridized carbons (Fsp3) is 0.350. The van der Waals surface area contributed by atoms with Crippen LogP contribution in [0.2, 0.25) is 0 Å². The van der Waals surface area contributed by atoms with Gasteiger partial charge in [0.25, 0.3) is 0 Å². The summed E-state index contributed by atoms with van der Waals surface area (Å²) in [7, 11) is 0. The lowest BCUT2D eigenvalue weighted by Gasteiger charge is -2.24. The van der Waals surface area contributed by atoms with Gasteiger partial charge in [0.2, 0.25) is 0 Å². The zero-order valence-electron chi connectivity index (χ0n) is 14.0. The second-order valence-electron chi connectivity index (χ2n) is 6.72. The van der Waals surface area contributed by atoms with Gasteiger partial charge in [-0.15, -0.1) is 0 Å². The van der Waals surface area contributed by atoms with Crippen LogP contribution in [-0.2, 0) is 11.3 Å². The third-order valence-corrected chi connectivity index (χ3v) is 5.56. The number of halogens is 1. The molecule has 2 aromatic rings. The predicted octanol–water partition coefficient (Wildman–Crippen LogP) is 4.76. The number of benzene rings is 2. The van der Waals surface area contributed by atoms with E-state index in [1.807, 2.05) is 35.2 Å². The Morgan fingerprint density at radius 3 is 2.92 bits per heavy atom. The van der Waals surface area contributed by atoms with Crippen molar-refractivity contribution in [3.8, 4) is 0 Å². The summed E-state index contributed by atoms with van der Waals surface area (Å²) in [6.45, 7) is 1.76. The van der Waals surface area contributed by atoms with E-state index in [1.165, 1.54) is 11.3 Å². The molecule has 0 saturated carbocycles. The molecular weight excluding hydrogens is 380 g/mol. The summed E-state index contributed by atoms with van der Waals surface area (Å²) in [6, 6.07) is 16.5. The van der Waals surface area contributed by atoms with Crippen LogP contribution in [0.5, 0.6) is 0 Å². The van der Waals surface area contributed by atoms with Gasteiger partial charge in [0, 0.05) is 29.2 Å². The van der Waals surface area contributed by atoms with Crippen LogP contribution in [0, 0.1) is 0 Å². The number of hydrogen-bond donors (Lipinski definition) is 1. The number of hydrogen-bond acceptors (Lipinski definition) is 3. The van der Waals surface area contributed by atoms with Crippen molar-refractivity contribution in [2.24, 2.45) is 0 Å². The minimum Gasteiger partial charge on any atom is -0.445 e. The molecule has 1 N–H and O–H groups in total. The van der Waals surface area contributed by atoms with Crippen molar-refractivity contribution < 1.29 is 9.53 Å². The van der Waals surface area contributed by atoms with Crippen molar-refractivity contribution >= 4 is 27.7 Å². The lowest BCUT2D eigenvalue weighted by molar-refractivity contribution is 0.0965. The van der Waals surface area contributed by atoms with Gasteiger partial charge < -0.3 is 15.0 Å². The smallest absolute Gasteiger partial charge is 0.410 e. The molecule has 0 unspecified atom stereocenters. The highest BCUT2D eigenvalue weighted by atomic mass is 79.9. The van der Waals surface area contributed by atoms with Crippen molar-refractivity contribution in [1.82, 2.24) is 4.90 Å². The topological polar surface area (TPSA) is 41.6 Å². The molecule has 2 aromatic carbocycles. The number of rotatable bonds is 2. The van der Waals surface area contributed by atoms with Crippen LogP contribution in [-0.4, -0.2) is 30.1 Å². The summed E-state index contributed by atoms with van der Waals surface area (Å²) in [6.07, 6.45) is 1.86. The quantitative estimate of drug-likeness (QED) is 0.789. The minimum atomic E-state index is -0.219. The van der Waals surface area contributed by atoms with Gasteiger partial charge in [-0.25, -0.2) is 4.79 Å². The number of carbonyl (C=O) groups excluding carboxylic acids is 1. The van der Waals surface area contributed by atoms with Crippen molar-refractivity contribution in [2.45, 2.75) is 31.4 Å². The van der Waals surface area contributed by atoms with E-state index < -0.39 is 0 Å². The van der Waals surface area contributed by atoms with Crippen LogP contribution < -0.4 is 5.32 Å². The Labute approximate surface area is 156 Å². The molecule has 2 atom stereocenters. The second kappa shape index (κ2) is 7.08. The highest BCUT2D eigenvalue weighted by Gasteiger charge is 2.36. The summed E-state index contributed by atoms with van der Waals surface area (Å²) >= 11 is 3.57. The predicted molar refractivity (Wildman–Crippen MR) is 102 cm³/mol. The third kappa shape index (κ3) is 3.52. The summed E-state index contributed by atoms with van der Waals surface area (Å²) in [4.78, 5) is 14.4. The third-order valence-electron chi connectivity index (χ3n) is 5.06. The van der Waals surface area contributed by atoms with Gasteiger partial charge in [-0.2, -0.15) is 0 Å². The molecule has 0 aromatic heterocycles. The first-order chi connectivity index (χ1) is 12.2. The lowest BCUT2D eigenvalue weighted by Crippen LogP contribution is -2.39. The SMILES string of the molecule is O=C(OCc1ccccc1)N1CCC[C@@H]2c3cc(Br)ccc3N[C@@H]2C1. The Kier molecular flexibility index (Phi) is 4.66. The van der Waals surface area contributed by atoms with Gasteiger partial charge in [0.15, 0.2) is 0 Å². The highest BCUT2D eigenvalue weighted by Crippen LogP contribution is 2.41. The van der Waals surface area contributed by atoms with Gasteiger partial charge in [-0.05, 0) is 42.2 Å². The summed E-state index contributed by atoms with van der Waals surface area (Å²) in [5, 5.41) is 3.59. The Morgan fingerprint density at radius 1 is 1.24 bits per heavy atom. The van der Waals surface area contributed by atoms with Crippen molar-refractivity contribution in [1.29, 1.82) is 0 Å². The van der Waals surface area contributed by atoms with Crippen LogP contribution >= 0.6 is 15.9 Å². The molecule has 5 heteroatoms. The molecule has 1 saturated heterocycles. The van der Waals surface area contributed by atoms with Crippen molar-refractivity contribution in [3.63, 3.8) is 0 Å². The largest absolute Gasteiger partial charge is 0.445 e. The molecular formula is C20H21BrN2O2. The first-order valence-electron chi connectivity index (χ1n) is 8.72. The molecule has 0 bridgehead atoms. The first-order valence-corrected chi connectivity index (χ1v) is 9.51. The molecule has 1 fully saturated rings. The average Bonchev–Trinajstić information content (AvgIpc) is 2.83. The normalized spacial score (nSPS) is 21.7. The lowest BCUT2D eigenvalue weighted by atomic mass is 9.91. The van der Waals surface area contributed by atoms with E-state index in [9.17, 15) is 4.79 Å². The van der Waals surface area contributed by atoms with Gasteiger partial charge >= 0.3 is 6.09 Å². The number of nitrogens with zero attached hydrogens (tertiary/aromatic N) is 1. The number of amides is 1. The molecule has 0 spiro atoms. The first kappa shape index (κ1) is 16.5. The monoisotopic (exact) mass is 400 g/mol. The van der Waals surface area contributed by atoms with Gasteiger partial charge in [-0.3, -0.25) is 0 Å². The Bertz CT molecular complexity index is 766. The molecule has 2 aliphatic heterocycles. The number of anilines is 1. The molecule has 130 valence electrons. The zero-order chi connectivity index (χ0) is 17.2.